The molecule has 6 nitrogen and oxygen atoms in total. The predicted molar refractivity (Wildman–Crippen MR) is 91.5 cm³/mol. The van der Waals surface area contributed by atoms with Crippen LogP contribution in [0.1, 0.15) is 52.7 Å². The van der Waals surface area contributed by atoms with Crippen molar-refractivity contribution >= 4 is 11.7 Å². The lowest BCUT2D eigenvalue weighted by molar-refractivity contribution is -0.122. The smallest absolute Gasteiger partial charge is 0.276 e. The molecule has 134 valence electrons. The van der Waals surface area contributed by atoms with Gasteiger partial charge in [0.2, 0.25) is 0 Å². The molecule has 0 aromatic carbocycles. The fourth-order valence-corrected chi connectivity index (χ4v) is 2.54. The van der Waals surface area contributed by atoms with Crippen LogP contribution in [0.2, 0.25) is 0 Å². The van der Waals surface area contributed by atoms with Crippen LogP contribution in [0.5, 0.6) is 0 Å². The van der Waals surface area contributed by atoms with Crippen molar-refractivity contribution in [2.75, 3.05) is 25.1 Å². The molecule has 0 bridgehead atoms. The molecule has 2 rings (SSSR count). The van der Waals surface area contributed by atoms with Gasteiger partial charge < -0.3 is 19.7 Å². The summed E-state index contributed by atoms with van der Waals surface area (Å²) >= 11 is 0. The fourth-order valence-electron chi connectivity index (χ4n) is 2.54. The summed E-state index contributed by atoms with van der Waals surface area (Å²) in [6.45, 7) is 9.08. The van der Waals surface area contributed by atoms with Gasteiger partial charge in [0.15, 0.2) is 11.2 Å². The maximum atomic E-state index is 12.5. The van der Waals surface area contributed by atoms with Crippen LogP contribution in [0.25, 0.3) is 0 Å². The molecule has 1 aromatic heterocycles. The molecule has 1 aliphatic rings. The Morgan fingerprint density at radius 2 is 2.04 bits per heavy atom. The Hall–Kier alpha value is -1.53. The molecule has 2 N–H and O–H groups in total. The molecular formula is C18H29N2O4+. The van der Waals surface area contributed by atoms with Crippen molar-refractivity contribution in [3.8, 4) is 0 Å². The van der Waals surface area contributed by atoms with Gasteiger partial charge in [-0.2, -0.15) is 0 Å². The van der Waals surface area contributed by atoms with Gasteiger partial charge in [-0.05, 0) is 26.7 Å². The van der Waals surface area contributed by atoms with E-state index < -0.39 is 10.8 Å². The van der Waals surface area contributed by atoms with Crippen LogP contribution in [-0.4, -0.2) is 36.0 Å². The summed E-state index contributed by atoms with van der Waals surface area (Å²) in [5, 5.41) is 16.1. The number of aromatic nitrogens is 1. The molecule has 1 amide bonds. The van der Waals surface area contributed by atoms with Gasteiger partial charge in [0, 0.05) is 30.6 Å². The van der Waals surface area contributed by atoms with Crippen LogP contribution in [0.15, 0.2) is 10.6 Å². The number of aliphatic hydroxyl groups is 1. The summed E-state index contributed by atoms with van der Waals surface area (Å²) in [7, 11) is 0. The molecule has 1 aliphatic heterocycles. The zero-order chi connectivity index (χ0) is 17.8. The maximum Gasteiger partial charge on any atom is 0.276 e. The molecule has 0 radical (unpaired) electrons. The molecule has 0 atom stereocenters. The van der Waals surface area contributed by atoms with Gasteiger partial charge in [0.1, 0.15) is 5.76 Å². The third-order valence-corrected chi connectivity index (χ3v) is 4.70. The Bertz CT molecular complexity index is 545. The van der Waals surface area contributed by atoms with Crippen molar-refractivity contribution in [1.29, 1.82) is 0 Å². The number of carbonyl (C=O) groups excluding carboxylic acids is 1. The van der Waals surface area contributed by atoms with E-state index in [1.165, 1.54) is 0 Å². The Morgan fingerprint density at radius 1 is 1.38 bits per heavy atom. The number of nitrogens with one attached hydrogen (secondary N) is 1. The molecule has 1 aromatic rings. The minimum absolute atomic E-state index is 0.0556. The molecule has 0 spiro atoms. The highest BCUT2D eigenvalue weighted by molar-refractivity contribution is 5.94. The molecule has 6 heteroatoms. The minimum atomic E-state index is -0.593. The van der Waals surface area contributed by atoms with E-state index in [-0.39, 0.29) is 12.5 Å². The van der Waals surface area contributed by atoms with E-state index in [1.807, 2.05) is 27.7 Å². The zero-order valence-corrected chi connectivity index (χ0v) is 15.1. The van der Waals surface area contributed by atoms with Crippen molar-refractivity contribution in [1.82, 2.24) is 5.16 Å². The summed E-state index contributed by atoms with van der Waals surface area (Å²) in [6, 6.07) is 1.67. The quantitative estimate of drug-likeness (QED) is 0.747. The van der Waals surface area contributed by atoms with E-state index in [1.54, 1.807) is 6.07 Å². The van der Waals surface area contributed by atoms with Crippen LogP contribution < -0.4 is 5.32 Å². The first kappa shape index (κ1) is 18.8. The van der Waals surface area contributed by atoms with Gasteiger partial charge in [0.25, 0.3) is 5.91 Å². The molecule has 24 heavy (non-hydrogen) atoms. The van der Waals surface area contributed by atoms with Crippen molar-refractivity contribution in [3.05, 3.63) is 18.2 Å². The van der Waals surface area contributed by atoms with Crippen molar-refractivity contribution in [2.24, 2.45) is 11.3 Å². The Labute approximate surface area is 143 Å². The summed E-state index contributed by atoms with van der Waals surface area (Å²) in [5.41, 5.74) is -1.12. The predicted octanol–water partition coefficient (Wildman–Crippen LogP) is 2.93. The molecule has 0 unspecified atom stereocenters. The highest BCUT2D eigenvalue weighted by Gasteiger charge is 2.38. The van der Waals surface area contributed by atoms with Gasteiger partial charge in [-0.3, -0.25) is 4.79 Å². The third-order valence-electron chi connectivity index (χ3n) is 4.70. The lowest BCUT2D eigenvalue weighted by atomic mass is 9.82. The van der Waals surface area contributed by atoms with E-state index in [0.29, 0.717) is 17.5 Å². The normalized spacial score (nSPS) is 16.9. The van der Waals surface area contributed by atoms with Gasteiger partial charge in [0.05, 0.1) is 19.4 Å². The second-order valence-electron chi connectivity index (χ2n) is 7.79. The van der Waals surface area contributed by atoms with Crippen molar-refractivity contribution < 1.29 is 19.2 Å². The zero-order valence-electron chi connectivity index (χ0n) is 15.1. The number of nitrogens with zero attached hydrogens (tertiary/aromatic N) is 1. The largest absolute Gasteiger partial charge is 0.395 e. The van der Waals surface area contributed by atoms with E-state index >= 15 is 0 Å². The van der Waals surface area contributed by atoms with E-state index in [4.69, 9.17) is 9.26 Å². The van der Waals surface area contributed by atoms with Gasteiger partial charge in [-0.15, -0.1) is 0 Å². The molecule has 1 fully saturated rings. The average molecular weight is 337 g/mol. The van der Waals surface area contributed by atoms with Crippen LogP contribution in [0.3, 0.4) is 0 Å². The van der Waals surface area contributed by atoms with E-state index in [0.717, 1.165) is 32.5 Å². The van der Waals surface area contributed by atoms with Crippen LogP contribution in [0.4, 0.5) is 5.82 Å². The second-order valence-corrected chi connectivity index (χ2v) is 7.79. The SMILES string of the molecule is CC(C)([CH+]CC1CCOCC1)C(=O)Nc1cc(C(C)(C)CO)on1. The Morgan fingerprint density at radius 3 is 2.67 bits per heavy atom. The van der Waals surface area contributed by atoms with Crippen LogP contribution in [-0.2, 0) is 14.9 Å². The molecule has 2 heterocycles. The Kier molecular flexibility index (Phi) is 5.93. The number of anilines is 1. The molecule has 1 saturated heterocycles. The first-order valence-corrected chi connectivity index (χ1v) is 8.56. The number of aliphatic hydroxyl groups excluding tert-OH is 1. The van der Waals surface area contributed by atoms with Gasteiger partial charge in [-0.25, -0.2) is 0 Å². The summed E-state index contributed by atoms with van der Waals surface area (Å²) in [5.74, 6) is 1.40. The minimum Gasteiger partial charge on any atom is -0.395 e. The topological polar surface area (TPSA) is 84.6 Å². The van der Waals surface area contributed by atoms with Gasteiger partial charge >= 0.3 is 0 Å². The van der Waals surface area contributed by atoms with Crippen molar-refractivity contribution in [2.45, 2.75) is 52.4 Å². The number of ether oxygens (including phenoxy) is 1. The standard InChI is InChI=1S/C18H28N2O4/c1-17(2,8-5-13-6-9-23-10-7-13)16(22)19-15-11-14(24-20-15)18(3,4)12-21/h8,11,13,21H,5-7,9-10,12H2,1-4H3/p+1. The number of rotatable bonds is 7. The van der Waals surface area contributed by atoms with Gasteiger partial charge in [-0.1, -0.05) is 19.0 Å². The number of amides is 1. The van der Waals surface area contributed by atoms with Crippen LogP contribution >= 0.6 is 0 Å². The maximum absolute atomic E-state index is 12.5. The lowest BCUT2D eigenvalue weighted by Gasteiger charge is -2.21. The number of carbonyl (C=O) groups is 1. The third kappa shape index (κ3) is 4.74. The molecule has 0 aliphatic carbocycles. The van der Waals surface area contributed by atoms with Crippen molar-refractivity contribution in [3.63, 3.8) is 0 Å². The summed E-state index contributed by atoms with van der Waals surface area (Å²) in [6.07, 6.45) is 5.09. The highest BCUT2D eigenvalue weighted by atomic mass is 16.5. The Balaban J connectivity index is 1.90. The first-order chi connectivity index (χ1) is 11.2. The monoisotopic (exact) mass is 337 g/mol. The number of hydrogen-bond acceptors (Lipinski definition) is 5. The van der Waals surface area contributed by atoms with Crippen LogP contribution in [0, 0.1) is 17.8 Å². The van der Waals surface area contributed by atoms with E-state index in [9.17, 15) is 9.90 Å². The summed E-state index contributed by atoms with van der Waals surface area (Å²) in [4.78, 5) is 12.5. The fraction of sp³-hybridized carbons (Fsp3) is 0.722. The first-order valence-electron chi connectivity index (χ1n) is 8.56. The summed E-state index contributed by atoms with van der Waals surface area (Å²) < 4.78 is 10.6. The molecular weight excluding hydrogens is 308 g/mol. The highest BCUT2D eigenvalue weighted by Crippen LogP contribution is 2.30. The lowest BCUT2D eigenvalue weighted by Crippen LogP contribution is -2.32. The average Bonchev–Trinajstić information content (AvgIpc) is 3.03. The van der Waals surface area contributed by atoms with E-state index in [2.05, 4.69) is 16.9 Å². The second kappa shape index (κ2) is 7.57. The number of hydrogen-bond donors (Lipinski definition) is 2. The molecule has 0 saturated carbocycles.